The van der Waals surface area contributed by atoms with Crippen LogP contribution in [-0.2, 0) is 11.3 Å². The molecule has 0 spiro atoms. The molecule has 3 aromatic rings. The van der Waals surface area contributed by atoms with Crippen molar-refractivity contribution < 1.29 is 9.53 Å². The van der Waals surface area contributed by atoms with Gasteiger partial charge in [0.1, 0.15) is 10.8 Å². The maximum Gasteiger partial charge on any atom is 0.263 e. The van der Waals surface area contributed by atoms with Crippen molar-refractivity contribution in [2.75, 3.05) is 26.2 Å². The van der Waals surface area contributed by atoms with Crippen LogP contribution in [0.3, 0.4) is 0 Å². The Kier molecular flexibility index (Phi) is 5.80. The molecule has 1 aliphatic rings. The zero-order chi connectivity index (χ0) is 19.5. The fourth-order valence-corrected chi connectivity index (χ4v) is 4.55. The van der Waals surface area contributed by atoms with Gasteiger partial charge in [0.15, 0.2) is 6.10 Å². The average molecular weight is 416 g/mol. The Labute approximate surface area is 173 Å². The van der Waals surface area contributed by atoms with Crippen molar-refractivity contribution in [1.29, 1.82) is 0 Å². The van der Waals surface area contributed by atoms with Crippen LogP contribution in [0.25, 0.3) is 10.2 Å². The summed E-state index contributed by atoms with van der Waals surface area (Å²) in [6.45, 7) is 5.70. The van der Waals surface area contributed by atoms with Crippen LogP contribution in [0.5, 0.6) is 5.75 Å². The second kappa shape index (κ2) is 8.47. The number of thiazole rings is 1. The van der Waals surface area contributed by atoms with Crippen molar-refractivity contribution in [3.05, 3.63) is 58.6 Å². The quantitative estimate of drug-likeness (QED) is 0.630. The molecule has 2 aromatic carbocycles. The number of amides is 1. The summed E-state index contributed by atoms with van der Waals surface area (Å²) in [5, 5.41) is 1.72. The van der Waals surface area contributed by atoms with E-state index in [0.29, 0.717) is 23.9 Å². The largest absolute Gasteiger partial charge is 0.481 e. The molecule has 1 atom stereocenters. The third kappa shape index (κ3) is 4.46. The third-order valence-corrected chi connectivity index (χ3v) is 6.09. The van der Waals surface area contributed by atoms with Crippen LogP contribution >= 0.6 is 22.9 Å². The number of hydrogen-bond acceptors (Lipinski definition) is 5. The number of halogens is 1. The Hall–Kier alpha value is -2.15. The number of carbonyl (C=O) groups is 1. The minimum Gasteiger partial charge on any atom is -0.481 e. The fraction of sp³-hybridized carbons (Fsp3) is 0.333. The summed E-state index contributed by atoms with van der Waals surface area (Å²) in [5.74, 6) is 0.627. The third-order valence-electron chi connectivity index (χ3n) is 4.84. The summed E-state index contributed by atoms with van der Waals surface area (Å²) >= 11 is 7.72. The number of piperazine rings is 1. The number of nitrogens with zero attached hydrogens (tertiary/aromatic N) is 3. The fourth-order valence-electron chi connectivity index (χ4n) is 3.36. The van der Waals surface area contributed by atoms with Crippen molar-refractivity contribution in [3.63, 3.8) is 0 Å². The van der Waals surface area contributed by atoms with Crippen LogP contribution in [0, 0.1) is 0 Å². The number of benzene rings is 2. The van der Waals surface area contributed by atoms with E-state index < -0.39 is 6.10 Å². The van der Waals surface area contributed by atoms with E-state index in [0.717, 1.165) is 30.2 Å². The summed E-state index contributed by atoms with van der Waals surface area (Å²) in [6, 6.07) is 15.3. The first-order valence-electron chi connectivity index (χ1n) is 9.36. The lowest BCUT2D eigenvalue weighted by Crippen LogP contribution is -2.51. The van der Waals surface area contributed by atoms with E-state index in [1.54, 1.807) is 30.4 Å². The molecule has 28 heavy (non-hydrogen) atoms. The van der Waals surface area contributed by atoms with Gasteiger partial charge < -0.3 is 9.64 Å². The van der Waals surface area contributed by atoms with Gasteiger partial charge in [-0.05, 0) is 37.3 Å². The number of carbonyl (C=O) groups excluding carboxylic acids is 1. The van der Waals surface area contributed by atoms with E-state index in [1.807, 2.05) is 35.2 Å². The molecule has 0 saturated carbocycles. The standard InChI is InChI=1S/C21H22ClN3O2S/c1-15(27-17-6-4-5-16(22)13-17)21(26)25-11-9-24(10-12-25)14-20-23-18-7-2-3-8-19(18)28-20/h2-8,13,15H,9-12,14H2,1H3. The monoisotopic (exact) mass is 415 g/mol. The highest BCUT2D eigenvalue weighted by Crippen LogP contribution is 2.23. The number of fused-ring (bicyclic) bond motifs is 1. The van der Waals surface area contributed by atoms with Gasteiger partial charge in [-0.1, -0.05) is 29.8 Å². The van der Waals surface area contributed by atoms with Crippen molar-refractivity contribution >= 4 is 39.1 Å². The highest BCUT2D eigenvalue weighted by Gasteiger charge is 2.26. The lowest BCUT2D eigenvalue weighted by Gasteiger charge is -2.35. The van der Waals surface area contributed by atoms with Crippen molar-refractivity contribution in [1.82, 2.24) is 14.8 Å². The maximum absolute atomic E-state index is 12.7. The molecule has 1 amide bonds. The minimum atomic E-state index is -0.533. The molecule has 1 fully saturated rings. The van der Waals surface area contributed by atoms with Gasteiger partial charge in [0.25, 0.3) is 5.91 Å². The Bertz CT molecular complexity index is 936. The minimum absolute atomic E-state index is 0.0135. The van der Waals surface area contributed by atoms with Gasteiger partial charge >= 0.3 is 0 Å². The lowest BCUT2D eigenvalue weighted by molar-refractivity contribution is -0.139. The Morgan fingerprint density at radius 1 is 1.18 bits per heavy atom. The molecule has 1 aliphatic heterocycles. The van der Waals surface area contributed by atoms with Crippen LogP contribution in [0.15, 0.2) is 48.5 Å². The highest BCUT2D eigenvalue weighted by atomic mass is 35.5. The summed E-state index contributed by atoms with van der Waals surface area (Å²) in [5.41, 5.74) is 1.06. The van der Waals surface area contributed by atoms with Gasteiger partial charge in [0.2, 0.25) is 0 Å². The molecule has 7 heteroatoms. The molecule has 1 saturated heterocycles. The number of aromatic nitrogens is 1. The molecule has 2 heterocycles. The molecular formula is C21H22ClN3O2S. The molecule has 0 aliphatic carbocycles. The van der Waals surface area contributed by atoms with E-state index in [1.165, 1.54) is 4.70 Å². The topological polar surface area (TPSA) is 45.7 Å². The van der Waals surface area contributed by atoms with Crippen LogP contribution in [-0.4, -0.2) is 53.0 Å². The summed E-state index contributed by atoms with van der Waals surface area (Å²) in [4.78, 5) is 21.6. The summed E-state index contributed by atoms with van der Waals surface area (Å²) in [7, 11) is 0. The second-order valence-corrected chi connectivity index (χ2v) is 8.45. The molecular weight excluding hydrogens is 394 g/mol. The summed E-state index contributed by atoms with van der Waals surface area (Å²) in [6.07, 6.45) is -0.533. The Morgan fingerprint density at radius 3 is 2.71 bits per heavy atom. The van der Waals surface area contributed by atoms with Crippen LogP contribution in [0.1, 0.15) is 11.9 Å². The SMILES string of the molecule is CC(Oc1cccc(Cl)c1)C(=O)N1CCN(Cc2nc3ccccc3s2)CC1. The molecule has 1 aromatic heterocycles. The number of ether oxygens (including phenoxy) is 1. The molecule has 0 bridgehead atoms. The van der Waals surface area contributed by atoms with E-state index in [2.05, 4.69) is 11.0 Å². The van der Waals surface area contributed by atoms with Crippen LogP contribution < -0.4 is 4.74 Å². The normalized spacial score (nSPS) is 16.3. The van der Waals surface area contributed by atoms with Gasteiger partial charge in [0, 0.05) is 31.2 Å². The van der Waals surface area contributed by atoms with Gasteiger partial charge in [-0.25, -0.2) is 4.98 Å². The average Bonchev–Trinajstić information content (AvgIpc) is 3.10. The Balaban J connectivity index is 1.30. The van der Waals surface area contributed by atoms with E-state index in [-0.39, 0.29) is 5.91 Å². The smallest absolute Gasteiger partial charge is 0.263 e. The molecule has 4 rings (SSSR count). The predicted molar refractivity (Wildman–Crippen MR) is 113 cm³/mol. The predicted octanol–water partition coefficient (Wildman–Crippen LogP) is 4.06. The van der Waals surface area contributed by atoms with Gasteiger partial charge in [-0.3, -0.25) is 9.69 Å². The van der Waals surface area contributed by atoms with Crippen LogP contribution in [0.4, 0.5) is 0 Å². The van der Waals surface area contributed by atoms with E-state index in [4.69, 9.17) is 21.3 Å². The first kappa shape index (κ1) is 19.2. The van der Waals surface area contributed by atoms with Gasteiger partial charge in [-0.15, -0.1) is 11.3 Å². The molecule has 146 valence electrons. The van der Waals surface area contributed by atoms with E-state index in [9.17, 15) is 4.79 Å². The molecule has 0 N–H and O–H groups in total. The van der Waals surface area contributed by atoms with Crippen LogP contribution in [0.2, 0.25) is 5.02 Å². The molecule has 0 radical (unpaired) electrons. The lowest BCUT2D eigenvalue weighted by atomic mass is 10.2. The first-order valence-corrected chi connectivity index (χ1v) is 10.6. The van der Waals surface area contributed by atoms with Gasteiger partial charge in [-0.2, -0.15) is 0 Å². The number of rotatable bonds is 5. The number of para-hydroxylation sites is 1. The highest BCUT2D eigenvalue weighted by molar-refractivity contribution is 7.18. The van der Waals surface area contributed by atoms with Gasteiger partial charge in [0.05, 0.1) is 16.8 Å². The zero-order valence-corrected chi connectivity index (χ0v) is 17.2. The second-order valence-electron chi connectivity index (χ2n) is 6.89. The summed E-state index contributed by atoms with van der Waals surface area (Å²) < 4.78 is 6.99. The number of hydrogen-bond donors (Lipinski definition) is 0. The molecule has 1 unspecified atom stereocenters. The maximum atomic E-state index is 12.7. The first-order chi connectivity index (χ1) is 13.6. The van der Waals surface area contributed by atoms with Crippen molar-refractivity contribution in [2.45, 2.75) is 19.6 Å². The van der Waals surface area contributed by atoms with E-state index >= 15 is 0 Å². The molecule has 5 nitrogen and oxygen atoms in total. The van der Waals surface area contributed by atoms with Crippen molar-refractivity contribution in [2.24, 2.45) is 0 Å². The van der Waals surface area contributed by atoms with Crippen molar-refractivity contribution in [3.8, 4) is 5.75 Å². The zero-order valence-electron chi connectivity index (χ0n) is 15.7. The Morgan fingerprint density at radius 2 is 1.96 bits per heavy atom.